The molecule has 0 aromatic heterocycles. The van der Waals surface area contributed by atoms with Crippen molar-refractivity contribution >= 4 is 5.78 Å². The molecular formula is C17H16O. The highest BCUT2D eigenvalue weighted by Crippen LogP contribution is 2.25. The van der Waals surface area contributed by atoms with Crippen molar-refractivity contribution in [2.24, 2.45) is 0 Å². The van der Waals surface area contributed by atoms with E-state index in [0.717, 1.165) is 11.1 Å². The van der Waals surface area contributed by atoms with Gasteiger partial charge in [0.05, 0.1) is 0 Å². The van der Waals surface area contributed by atoms with Gasteiger partial charge in [0, 0.05) is 11.5 Å². The Morgan fingerprint density at radius 3 is 2.06 bits per heavy atom. The number of hydrogen-bond acceptors (Lipinski definition) is 1. The summed E-state index contributed by atoms with van der Waals surface area (Å²) in [4.78, 5) is 11.2. The van der Waals surface area contributed by atoms with Crippen molar-refractivity contribution in [3.8, 4) is 0 Å². The zero-order valence-electron chi connectivity index (χ0n) is 10.5. The minimum Gasteiger partial charge on any atom is -0.295 e. The van der Waals surface area contributed by atoms with E-state index in [-0.39, 0.29) is 11.7 Å². The highest BCUT2D eigenvalue weighted by atomic mass is 16.1. The Bertz CT molecular complexity index is 538. The first-order valence-corrected chi connectivity index (χ1v) is 6.01. The van der Waals surface area contributed by atoms with Crippen LogP contribution in [-0.4, -0.2) is 5.78 Å². The fraction of sp³-hybridized carbons (Fsp3) is 0.118. The van der Waals surface area contributed by atoms with Gasteiger partial charge in [0.25, 0.3) is 0 Å². The van der Waals surface area contributed by atoms with E-state index in [1.165, 1.54) is 5.56 Å². The van der Waals surface area contributed by atoms with Crippen molar-refractivity contribution in [3.05, 3.63) is 83.9 Å². The van der Waals surface area contributed by atoms with E-state index in [1.54, 1.807) is 6.92 Å². The lowest BCUT2D eigenvalue weighted by molar-refractivity contribution is 0.101. The molecule has 0 heterocycles. The monoisotopic (exact) mass is 236 g/mol. The van der Waals surface area contributed by atoms with Gasteiger partial charge in [-0.15, -0.1) is 6.58 Å². The number of hydrogen-bond donors (Lipinski definition) is 0. The molecule has 0 aliphatic rings. The van der Waals surface area contributed by atoms with Crippen LogP contribution in [0.1, 0.15) is 34.3 Å². The Labute approximate surface area is 108 Å². The minimum atomic E-state index is 0.0939. The van der Waals surface area contributed by atoms with Crippen LogP contribution >= 0.6 is 0 Å². The fourth-order valence-corrected chi connectivity index (χ4v) is 2.05. The highest BCUT2D eigenvalue weighted by Gasteiger charge is 2.10. The van der Waals surface area contributed by atoms with Crippen molar-refractivity contribution in [2.75, 3.05) is 0 Å². The predicted molar refractivity (Wildman–Crippen MR) is 74.9 cm³/mol. The molecule has 0 radical (unpaired) electrons. The first-order valence-electron chi connectivity index (χ1n) is 6.01. The van der Waals surface area contributed by atoms with E-state index >= 15 is 0 Å². The van der Waals surface area contributed by atoms with E-state index < -0.39 is 0 Å². The lowest BCUT2D eigenvalue weighted by atomic mass is 9.91. The van der Waals surface area contributed by atoms with Crippen LogP contribution < -0.4 is 0 Å². The number of carbonyl (C=O) groups excluding carboxylic acids is 1. The molecule has 0 fully saturated rings. The molecule has 0 saturated carbocycles. The number of allylic oxidation sites excluding steroid dienone is 1. The van der Waals surface area contributed by atoms with Crippen LogP contribution in [0, 0.1) is 0 Å². The summed E-state index contributed by atoms with van der Waals surface area (Å²) in [6.07, 6.45) is 1.93. The van der Waals surface area contributed by atoms with Crippen LogP contribution in [-0.2, 0) is 0 Å². The molecule has 1 atom stereocenters. The molecule has 2 rings (SSSR count). The summed E-state index contributed by atoms with van der Waals surface area (Å²) in [5.41, 5.74) is 3.11. The number of benzene rings is 2. The number of ketones is 1. The summed E-state index contributed by atoms with van der Waals surface area (Å²) in [5.74, 6) is 0.267. The van der Waals surface area contributed by atoms with Crippen LogP contribution in [0.25, 0.3) is 0 Å². The third-order valence-electron chi connectivity index (χ3n) is 3.07. The molecule has 1 heteroatoms. The Morgan fingerprint density at radius 2 is 1.56 bits per heavy atom. The maximum Gasteiger partial charge on any atom is 0.159 e. The van der Waals surface area contributed by atoms with E-state index in [1.807, 2.05) is 48.5 Å². The van der Waals surface area contributed by atoms with Gasteiger partial charge < -0.3 is 0 Å². The maximum atomic E-state index is 11.2. The zero-order chi connectivity index (χ0) is 13.0. The minimum absolute atomic E-state index is 0.0939. The summed E-state index contributed by atoms with van der Waals surface area (Å²) in [5, 5.41) is 0. The first-order chi connectivity index (χ1) is 8.72. The lowest BCUT2D eigenvalue weighted by Crippen LogP contribution is -1.98. The maximum absolute atomic E-state index is 11.2. The summed E-state index contributed by atoms with van der Waals surface area (Å²) in [7, 11) is 0. The normalized spacial score (nSPS) is 11.8. The quantitative estimate of drug-likeness (QED) is 0.574. The fourth-order valence-electron chi connectivity index (χ4n) is 2.05. The van der Waals surface area contributed by atoms with Gasteiger partial charge in [-0.1, -0.05) is 60.7 Å². The molecule has 2 aromatic rings. The van der Waals surface area contributed by atoms with Crippen LogP contribution in [0.3, 0.4) is 0 Å². The second-order valence-electron chi connectivity index (χ2n) is 4.30. The van der Waals surface area contributed by atoms with Gasteiger partial charge in [0.2, 0.25) is 0 Å². The molecule has 2 aromatic carbocycles. The van der Waals surface area contributed by atoms with E-state index in [2.05, 4.69) is 18.7 Å². The summed E-state index contributed by atoms with van der Waals surface area (Å²) >= 11 is 0. The third-order valence-corrected chi connectivity index (χ3v) is 3.07. The number of Topliss-reactive ketones (excluding diaryl/α,β-unsaturated/α-hetero) is 1. The van der Waals surface area contributed by atoms with Crippen LogP contribution in [0.5, 0.6) is 0 Å². The third kappa shape index (κ3) is 2.57. The molecule has 90 valence electrons. The van der Waals surface area contributed by atoms with Gasteiger partial charge in [0.15, 0.2) is 5.78 Å². The second kappa shape index (κ2) is 5.46. The molecule has 0 aliphatic heterocycles. The van der Waals surface area contributed by atoms with E-state index in [9.17, 15) is 4.79 Å². The molecular weight excluding hydrogens is 220 g/mol. The van der Waals surface area contributed by atoms with Crippen molar-refractivity contribution < 1.29 is 4.79 Å². The predicted octanol–water partition coefficient (Wildman–Crippen LogP) is 4.21. The smallest absolute Gasteiger partial charge is 0.159 e. The van der Waals surface area contributed by atoms with Gasteiger partial charge in [0.1, 0.15) is 0 Å². The van der Waals surface area contributed by atoms with Crippen molar-refractivity contribution in [3.63, 3.8) is 0 Å². The Balaban J connectivity index is 2.34. The summed E-state index contributed by atoms with van der Waals surface area (Å²) < 4.78 is 0. The van der Waals surface area contributed by atoms with Crippen molar-refractivity contribution in [1.29, 1.82) is 0 Å². The van der Waals surface area contributed by atoms with Crippen molar-refractivity contribution in [1.82, 2.24) is 0 Å². The van der Waals surface area contributed by atoms with Gasteiger partial charge >= 0.3 is 0 Å². The van der Waals surface area contributed by atoms with Crippen LogP contribution in [0.2, 0.25) is 0 Å². The Hall–Kier alpha value is -2.15. The summed E-state index contributed by atoms with van der Waals surface area (Å²) in [6, 6.07) is 18.0. The molecule has 0 saturated heterocycles. The standard InChI is InChI=1S/C17H16O/c1-3-17(15-7-5-4-6-8-15)16-11-9-14(10-12-16)13(2)18/h3-12,17H,1H2,2H3. The second-order valence-corrected chi connectivity index (χ2v) is 4.30. The molecule has 0 spiro atoms. The molecule has 0 N–H and O–H groups in total. The summed E-state index contributed by atoms with van der Waals surface area (Å²) in [6.45, 7) is 5.48. The van der Waals surface area contributed by atoms with Gasteiger partial charge in [-0.05, 0) is 18.1 Å². The van der Waals surface area contributed by atoms with Crippen LogP contribution in [0.4, 0.5) is 0 Å². The zero-order valence-corrected chi connectivity index (χ0v) is 10.5. The van der Waals surface area contributed by atoms with Crippen molar-refractivity contribution in [2.45, 2.75) is 12.8 Å². The highest BCUT2D eigenvalue weighted by molar-refractivity contribution is 5.94. The van der Waals surface area contributed by atoms with Gasteiger partial charge in [-0.25, -0.2) is 0 Å². The number of rotatable bonds is 4. The van der Waals surface area contributed by atoms with Crippen LogP contribution in [0.15, 0.2) is 67.3 Å². The van der Waals surface area contributed by atoms with Gasteiger partial charge in [-0.3, -0.25) is 4.79 Å². The Morgan fingerprint density at radius 1 is 1.00 bits per heavy atom. The lowest BCUT2D eigenvalue weighted by Gasteiger charge is -2.13. The number of carbonyl (C=O) groups is 1. The average molecular weight is 236 g/mol. The molecule has 18 heavy (non-hydrogen) atoms. The first kappa shape index (κ1) is 12.3. The average Bonchev–Trinajstić information content (AvgIpc) is 2.41. The van der Waals surface area contributed by atoms with E-state index in [4.69, 9.17) is 0 Å². The van der Waals surface area contributed by atoms with Gasteiger partial charge in [-0.2, -0.15) is 0 Å². The largest absolute Gasteiger partial charge is 0.295 e. The molecule has 0 aliphatic carbocycles. The SMILES string of the molecule is C=CC(c1ccccc1)c1ccc(C(C)=O)cc1. The molecule has 0 amide bonds. The Kier molecular flexibility index (Phi) is 3.73. The van der Waals surface area contributed by atoms with E-state index in [0.29, 0.717) is 0 Å². The molecule has 1 unspecified atom stereocenters. The molecule has 0 bridgehead atoms. The molecule has 1 nitrogen and oxygen atoms in total. The topological polar surface area (TPSA) is 17.1 Å².